The lowest BCUT2D eigenvalue weighted by atomic mass is 10.0. The Labute approximate surface area is 189 Å². The van der Waals surface area contributed by atoms with Gasteiger partial charge in [-0.15, -0.1) is 0 Å². The highest BCUT2D eigenvalue weighted by Crippen LogP contribution is 2.20. The zero-order valence-corrected chi connectivity index (χ0v) is 19.3. The molecule has 0 heterocycles. The second-order valence-corrected chi connectivity index (χ2v) is 8.71. The van der Waals surface area contributed by atoms with Crippen LogP contribution >= 0.6 is 0 Å². The van der Waals surface area contributed by atoms with Crippen LogP contribution < -0.4 is 5.32 Å². The smallest absolute Gasteiger partial charge is 0.0431 e. The van der Waals surface area contributed by atoms with Crippen LogP contribution in [0.1, 0.15) is 88.2 Å². The molecule has 0 atom stereocenters. The zero-order chi connectivity index (χ0) is 22.0. The number of aliphatic hydroxyl groups excluding tert-OH is 2. The fourth-order valence-electron chi connectivity index (χ4n) is 3.97. The number of aryl methyl sites for hydroxylation is 2. The number of unbranched alkanes of at least 4 members (excludes halogenated alkanes) is 10. The molecule has 0 fully saturated rings. The topological polar surface area (TPSA) is 52.5 Å². The summed E-state index contributed by atoms with van der Waals surface area (Å²) in [5.74, 6) is 0. The number of hydrogen-bond donors (Lipinski definition) is 3. The first-order valence-corrected chi connectivity index (χ1v) is 12.5. The summed E-state index contributed by atoms with van der Waals surface area (Å²) in [4.78, 5) is 0. The van der Waals surface area contributed by atoms with Gasteiger partial charge in [-0.2, -0.15) is 0 Å². The van der Waals surface area contributed by atoms with Crippen molar-refractivity contribution in [3.05, 3.63) is 59.7 Å². The Balaban J connectivity index is 1.61. The lowest BCUT2D eigenvalue weighted by Crippen LogP contribution is -1.93. The van der Waals surface area contributed by atoms with Crippen LogP contribution in [0.15, 0.2) is 48.5 Å². The van der Waals surface area contributed by atoms with E-state index in [9.17, 15) is 0 Å². The van der Waals surface area contributed by atoms with Gasteiger partial charge in [0, 0.05) is 24.6 Å². The molecule has 0 bridgehead atoms. The van der Waals surface area contributed by atoms with E-state index in [1.54, 1.807) is 0 Å². The molecule has 0 amide bonds. The van der Waals surface area contributed by atoms with Crippen molar-refractivity contribution in [2.24, 2.45) is 0 Å². The minimum Gasteiger partial charge on any atom is -0.396 e. The molecule has 0 unspecified atom stereocenters. The standard InChI is InChI=1S/C28H43NO2/c30-23-11-7-3-1-5-9-13-25-15-19-27(20-16-25)29-28-21-17-26(18-22-28)14-10-6-2-4-8-12-24-31/h15-22,29-31H,1-14,23-24H2. The zero-order valence-electron chi connectivity index (χ0n) is 19.3. The molecule has 0 aliphatic carbocycles. The molecule has 2 aromatic rings. The van der Waals surface area contributed by atoms with Crippen LogP contribution in [0, 0.1) is 0 Å². The fraction of sp³-hybridized carbons (Fsp3) is 0.571. The Hall–Kier alpha value is -1.84. The van der Waals surface area contributed by atoms with Gasteiger partial charge >= 0.3 is 0 Å². The van der Waals surface area contributed by atoms with Crippen molar-refractivity contribution in [2.45, 2.75) is 89.9 Å². The van der Waals surface area contributed by atoms with E-state index >= 15 is 0 Å². The number of benzene rings is 2. The second kappa shape index (κ2) is 16.8. The summed E-state index contributed by atoms with van der Waals surface area (Å²) in [6.07, 6.45) is 16.6. The van der Waals surface area contributed by atoms with E-state index < -0.39 is 0 Å². The van der Waals surface area contributed by atoms with Gasteiger partial charge in [0.25, 0.3) is 0 Å². The van der Waals surface area contributed by atoms with Gasteiger partial charge in [-0.3, -0.25) is 0 Å². The van der Waals surface area contributed by atoms with Gasteiger partial charge in [-0.25, -0.2) is 0 Å². The molecule has 0 aliphatic rings. The first-order chi connectivity index (χ1) is 15.3. The van der Waals surface area contributed by atoms with Crippen molar-refractivity contribution in [3.63, 3.8) is 0 Å². The number of rotatable bonds is 18. The first-order valence-electron chi connectivity index (χ1n) is 12.5. The molecule has 0 saturated carbocycles. The third-order valence-electron chi connectivity index (χ3n) is 5.94. The molecule has 0 radical (unpaired) electrons. The molecule has 0 spiro atoms. The lowest BCUT2D eigenvalue weighted by Gasteiger charge is -2.09. The molecule has 3 N–H and O–H groups in total. The van der Waals surface area contributed by atoms with Gasteiger partial charge in [0.2, 0.25) is 0 Å². The maximum Gasteiger partial charge on any atom is 0.0431 e. The van der Waals surface area contributed by atoms with Gasteiger partial charge < -0.3 is 15.5 Å². The van der Waals surface area contributed by atoms with Crippen molar-refractivity contribution in [2.75, 3.05) is 18.5 Å². The average Bonchev–Trinajstić information content (AvgIpc) is 2.80. The Morgan fingerprint density at radius 1 is 0.419 bits per heavy atom. The molecule has 3 nitrogen and oxygen atoms in total. The second-order valence-electron chi connectivity index (χ2n) is 8.71. The van der Waals surface area contributed by atoms with Crippen molar-refractivity contribution in [1.29, 1.82) is 0 Å². The van der Waals surface area contributed by atoms with Crippen molar-refractivity contribution in [1.82, 2.24) is 0 Å². The van der Waals surface area contributed by atoms with E-state index in [0.717, 1.165) is 49.9 Å². The molecule has 3 heteroatoms. The van der Waals surface area contributed by atoms with E-state index in [4.69, 9.17) is 10.2 Å². The van der Waals surface area contributed by atoms with E-state index in [1.807, 2.05) is 0 Å². The highest BCUT2D eigenvalue weighted by atomic mass is 16.3. The van der Waals surface area contributed by atoms with E-state index in [1.165, 1.54) is 62.5 Å². The SMILES string of the molecule is OCCCCCCCCc1ccc(Nc2ccc(CCCCCCCCO)cc2)cc1. The largest absolute Gasteiger partial charge is 0.396 e. The Morgan fingerprint density at radius 3 is 1.10 bits per heavy atom. The molecule has 172 valence electrons. The Morgan fingerprint density at radius 2 is 0.742 bits per heavy atom. The first kappa shape index (κ1) is 25.4. The normalized spacial score (nSPS) is 11.0. The molecule has 2 rings (SSSR count). The molecule has 0 saturated heterocycles. The third kappa shape index (κ3) is 11.9. The van der Waals surface area contributed by atoms with Crippen molar-refractivity contribution < 1.29 is 10.2 Å². The van der Waals surface area contributed by atoms with Gasteiger partial charge in [0.05, 0.1) is 0 Å². The van der Waals surface area contributed by atoms with Crippen LogP contribution in [-0.4, -0.2) is 23.4 Å². The summed E-state index contributed by atoms with van der Waals surface area (Å²) in [7, 11) is 0. The average molecular weight is 426 g/mol. The Bertz CT molecular complexity index is 607. The van der Waals surface area contributed by atoms with Gasteiger partial charge in [0.1, 0.15) is 0 Å². The molecule has 0 aliphatic heterocycles. The minimum atomic E-state index is 0.331. The highest BCUT2D eigenvalue weighted by molar-refractivity contribution is 5.60. The summed E-state index contributed by atoms with van der Waals surface area (Å²) in [6.45, 7) is 0.662. The summed E-state index contributed by atoms with van der Waals surface area (Å²) in [6, 6.07) is 17.7. The van der Waals surface area contributed by atoms with E-state index in [0.29, 0.717) is 13.2 Å². The molecule has 2 aromatic carbocycles. The molecular formula is C28H43NO2. The summed E-state index contributed by atoms with van der Waals surface area (Å²) in [5.41, 5.74) is 5.10. The number of anilines is 2. The minimum absolute atomic E-state index is 0.331. The van der Waals surface area contributed by atoms with Crippen LogP contribution in [0.4, 0.5) is 11.4 Å². The van der Waals surface area contributed by atoms with Crippen molar-refractivity contribution in [3.8, 4) is 0 Å². The molecular weight excluding hydrogens is 382 g/mol. The maximum atomic E-state index is 8.80. The van der Waals surface area contributed by atoms with Crippen LogP contribution in [0.3, 0.4) is 0 Å². The van der Waals surface area contributed by atoms with Gasteiger partial charge in [-0.05, 0) is 73.9 Å². The highest BCUT2D eigenvalue weighted by Gasteiger charge is 1.99. The number of hydrogen-bond acceptors (Lipinski definition) is 3. The Kier molecular flexibility index (Phi) is 13.8. The van der Waals surface area contributed by atoms with E-state index in [2.05, 4.69) is 53.8 Å². The quantitative estimate of drug-likeness (QED) is 0.222. The van der Waals surface area contributed by atoms with Gasteiger partial charge in [-0.1, -0.05) is 75.6 Å². The maximum absolute atomic E-state index is 8.80. The molecule has 0 aromatic heterocycles. The number of aliphatic hydroxyl groups is 2. The van der Waals surface area contributed by atoms with E-state index in [-0.39, 0.29) is 0 Å². The molecule has 31 heavy (non-hydrogen) atoms. The van der Waals surface area contributed by atoms with Crippen LogP contribution in [0.25, 0.3) is 0 Å². The predicted octanol–water partition coefficient (Wildman–Crippen LogP) is 7.18. The van der Waals surface area contributed by atoms with Crippen LogP contribution in [-0.2, 0) is 12.8 Å². The summed E-state index contributed by atoms with van der Waals surface area (Å²) in [5, 5.41) is 21.1. The monoisotopic (exact) mass is 425 g/mol. The summed E-state index contributed by atoms with van der Waals surface area (Å²) < 4.78 is 0. The van der Waals surface area contributed by atoms with Crippen LogP contribution in [0.2, 0.25) is 0 Å². The van der Waals surface area contributed by atoms with Crippen molar-refractivity contribution >= 4 is 11.4 Å². The predicted molar refractivity (Wildman–Crippen MR) is 133 cm³/mol. The number of nitrogens with one attached hydrogen (secondary N) is 1. The third-order valence-corrected chi connectivity index (χ3v) is 5.94. The lowest BCUT2D eigenvalue weighted by molar-refractivity contribution is 0.282. The van der Waals surface area contributed by atoms with Gasteiger partial charge in [0.15, 0.2) is 0 Å². The fourth-order valence-corrected chi connectivity index (χ4v) is 3.97. The van der Waals surface area contributed by atoms with Crippen LogP contribution in [0.5, 0.6) is 0 Å². The summed E-state index contributed by atoms with van der Waals surface area (Å²) >= 11 is 0.